The molecule has 1 atom stereocenters. The van der Waals surface area contributed by atoms with Gasteiger partial charge in [0.2, 0.25) is 0 Å². The van der Waals surface area contributed by atoms with Crippen LogP contribution in [0.2, 0.25) is 0 Å². The van der Waals surface area contributed by atoms with E-state index in [2.05, 4.69) is 14.9 Å². The van der Waals surface area contributed by atoms with Crippen molar-refractivity contribution in [3.63, 3.8) is 0 Å². The molecule has 4 heterocycles. The quantitative estimate of drug-likeness (QED) is 0.820. The molecule has 8 heteroatoms. The Balaban J connectivity index is 0.00000196. The number of aromatic nitrogens is 2. The molecule has 0 radical (unpaired) electrons. The van der Waals surface area contributed by atoms with E-state index in [1.807, 2.05) is 36.4 Å². The Labute approximate surface area is 163 Å². The summed E-state index contributed by atoms with van der Waals surface area (Å²) < 4.78 is 0. The molecule has 0 bridgehead atoms. The molecular formula is C18H24ClN5OS. The molecule has 0 saturated carbocycles. The maximum Gasteiger partial charge on any atom is 0.261 e. The lowest BCUT2D eigenvalue weighted by atomic mass is 9.92. The van der Waals surface area contributed by atoms with Crippen molar-refractivity contribution in [3.05, 3.63) is 35.6 Å². The van der Waals surface area contributed by atoms with Crippen molar-refractivity contribution in [1.82, 2.24) is 14.9 Å². The number of carbonyl (C=O) groups is 1. The highest BCUT2D eigenvalue weighted by molar-refractivity contribution is 8.04. The summed E-state index contributed by atoms with van der Waals surface area (Å²) in [5.41, 5.74) is 7.93. The first-order chi connectivity index (χ1) is 12.0. The summed E-state index contributed by atoms with van der Waals surface area (Å²) in [6.07, 6.45) is 7.62. The normalized spacial score (nSPS) is 23.5. The van der Waals surface area contributed by atoms with Crippen LogP contribution in [0.4, 0.5) is 5.69 Å². The molecule has 0 spiro atoms. The second-order valence-corrected chi connectivity index (χ2v) is 8.23. The van der Waals surface area contributed by atoms with E-state index in [0.717, 1.165) is 53.3 Å². The smallest absolute Gasteiger partial charge is 0.261 e. The van der Waals surface area contributed by atoms with E-state index in [0.29, 0.717) is 6.54 Å². The van der Waals surface area contributed by atoms with E-state index >= 15 is 0 Å². The van der Waals surface area contributed by atoms with Gasteiger partial charge >= 0.3 is 0 Å². The highest BCUT2D eigenvalue weighted by Crippen LogP contribution is 2.32. The largest absolute Gasteiger partial charge is 0.346 e. The Morgan fingerprint density at radius 1 is 1.38 bits per heavy atom. The Kier molecular flexibility index (Phi) is 5.50. The summed E-state index contributed by atoms with van der Waals surface area (Å²) in [4.78, 5) is 25.3. The maximum absolute atomic E-state index is 13.0. The number of nitrogens with zero attached hydrogens (tertiary/aromatic N) is 3. The van der Waals surface area contributed by atoms with Crippen LogP contribution < -0.4 is 10.6 Å². The molecule has 0 aliphatic carbocycles. The molecule has 1 saturated heterocycles. The van der Waals surface area contributed by atoms with E-state index in [1.54, 1.807) is 18.0 Å². The molecule has 1 fully saturated rings. The lowest BCUT2D eigenvalue weighted by Crippen LogP contribution is -2.54. The number of H-pyrrole nitrogens is 1. The molecular weight excluding hydrogens is 370 g/mol. The second-order valence-electron chi connectivity index (χ2n) is 7.09. The first-order valence-corrected chi connectivity index (χ1v) is 9.64. The minimum absolute atomic E-state index is 0. The number of rotatable bonds is 2. The van der Waals surface area contributed by atoms with Crippen molar-refractivity contribution < 1.29 is 4.79 Å². The van der Waals surface area contributed by atoms with Crippen LogP contribution in [-0.2, 0) is 4.79 Å². The third kappa shape index (κ3) is 3.70. The van der Waals surface area contributed by atoms with Gasteiger partial charge in [-0.15, -0.1) is 24.2 Å². The number of carbonyl (C=O) groups excluding carboxylic acids is 1. The molecule has 3 N–H and O–H groups in total. The van der Waals surface area contributed by atoms with Crippen LogP contribution in [0, 0.1) is 0 Å². The van der Waals surface area contributed by atoms with Gasteiger partial charge < -0.3 is 20.5 Å². The summed E-state index contributed by atoms with van der Waals surface area (Å²) in [6, 6.07) is 4.03. The minimum Gasteiger partial charge on any atom is -0.346 e. The summed E-state index contributed by atoms with van der Waals surface area (Å²) in [7, 11) is 0. The number of thioether (sulfide) groups is 1. The number of pyridine rings is 1. The molecule has 4 rings (SSSR count). The Bertz CT molecular complexity index is 834. The van der Waals surface area contributed by atoms with Crippen LogP contribution in [0.15, 0.2) is 35.6 Å². The predicted molar refractivity (Wildman–Crippen MR) is 110 cm³/mol. The molecule has 1 amide bonds. The molecule has 0 aromatic carbocycles. The number of nitrogens with two attached hydrogens (primary N) is 1. The number of hydrogen-bond donors (Lipinski definition) is 2. The predicted octanol–water partition coefficient (Wildman–Crippen LogP) is 2.72. The van der Waals surface area contributed by atoms with Crippen molar-refractivity contribution in [3.8, 4) is 0 Å². The molecule has 1 unspecified atom stereocenters. The van der Waals surface area contributed by atoms with E-state index in [4.69, 9.17) is 5.73 Å². The zero-order valence-electron chi connectivity index (χ0n) is 14.8. The number of piperidine rings is 1. The van der Waals surface area contributed by atoms with Gasteiger partial charge in [-0.05, 0) is 31.9 Å². The van der Waals surface area contributed by atoms with Crippen LogP contribution in [0.1, 0.15) is 19.8 Å². The number of nitrogens with one attached hydrogen (secondary N) is 1. The minimum atomic E-state index is -0.282. The van der Waals surface area contributed by atoms with Crippen LogP contribution >= 0.6 is 24.2 Å². The van der Waals surface area contributed by atoms with Crippen molar-refractivity contribution in [2.24, 2.45) is 5.73 Å². The molecule has 140 valence electrons. The highest BCUT2D eigenvalue weighted by Gasteiger charge is 2.32. The first-order valence-electron chi connectivity index (χ1n) is 8.65. The van der Waals surface area contributed by atoms with Gasteiger partial charge in [0, 0.05) is 54.9 Å². The summed E-state index contributed by atoms with van der Waals surface area (Å²) >= 11 is 1.63. The zero-order chi connectivity index (χ0) is 17.4. The number of halogens is 1. The fraction of sp³-hybridized carbons (Fsp3) is 0.444. The molecule has 2 aliphatic rings. The van der Waals surface area contributed by atoms with Gasteiger partial charge in [0.15, 0.2) is 0 Å². The van der Waals surface area contributed by atoms with E-state index in [-0.39, 0.29) is 23.9 Å². The van der Waals surface area contributed by atoms with E-state index in [9.17, 15) is 4.79 Å². The molecule has 2 aromatic heterocycles. The van der Waals surface area contributed by atoms with Gasteiger partial charge in [-0.3, -0.25) is 4.79 Å². The lowest BCUT2D eigenvalue weighted by molar-refractivity contribution is -0.128. The topological polar surface area (TPSA) is 78.2 Å². The first kappa shape index (κ1) is 19.1. The Morgan fingerprint density at radius 3 is 3.04 bits per heavy atom. The van der Waals surface area contributed by atoms with Crippen molar-refractivity contribution >= 4 is 46.8 Å². The second kappa shape index (κ2) is 7.50. The lowest BCUT2D eigenvalue weighted by Gasteiger charge is -2.38. The number of hydrogen-bond acceptors (Lipinski definition) is 5. The summed E-state index contributed by atoms with van der Waals surface area (Å²) in [5.74, 6) is 0.991. The van der Waals surface area contributed by atoms with Gasteiger partial charge in [-0.1, -0.05) is 0 Å². The average molecular weight is 394 g/mol. The number of aromatic amines is 1. The van der Waals surface area contributed by atoms with E-state index < -0.39 is 0 Å². The molecule has 2 aromatic rings. The fourth-order valence-corrected chi connectivity index (χ4v) is 4.56. The van der Waals surface area contributed by atoms with Crippen molar-refractivity contribution in [2.45, 2.75) is 25.3 Å². The van der Waals surface area contributed by atoms with Crippen LogP contribution in [0.5, 0.6) is 0 Å². The molecule has 6 nitrogen and oxygen atoms in total. The van der Waals surface area contributed by atoms with Crippen LogP contribution in [0.25, 0.3) is 11.0 Å². The average Bonchev–Trinajstić information content (AvgIpc) is 3.09. The maximum atomic E-state index is 13.0. The van der Waals surface area contributed by atoms with E-state index in [1.165, 1.54) is 0 Å². The van der Waals surface area contributed by atoms with Gasteiger partial charge in [0.05, 0.1) is 10.6 Å². The van der Waals surface area contributed by atoms with Crippen molar-refractivity contribution in [1.29, 1.82) is 0 Å². The summed E-state index contributed by atoms with van der Waals surface area (Å²) in [5, 5.41) is 1.07. The summed E-state index contributed by atoms with van der Waals surface area (Å²) in [6.45, 7) is 4.32. The van der Waals surface area contributed by atoms with Gasteiger partial charge in [-0.2, -0.15) is 0 Å². The van der Waals surface area contributed by atoms with Gasteiger partial charge in [0.25, 0.3) is 5.91 Å². The van der Waals surface area contributed by atoms with Crippen molar-refractivity contribution in [2.75, 3.05) is 30.3 Å². The zero-order valence-corrected chi connectivity index (χ0v) is 16.4. The Hall–Kier alpha value is -1.70. The number of anilines is 1. The van der Waals surface area contributed by atoms with Gasteiger partial charge in [-0.25, -0.2) is 4.98 Å². The number of likely N-dealkylation sites (tertiary alicyclic amines) is 1. The molecule has 2 aliphatic heterocycles. The van der Waals surface area contributed by atoms with Crippen LogP contribution in [0.3, 0.4) is 0 Å². The van der Waals surface area contributed by atoms with Crippen LogP contribution in [-0.4, -0.2) is 51.7 Å². The SMILES string of the molecule is CC1(N)CCCN(C(=O)C2=CN(c3ccnc4[nH]ccc34)CCS2)C1.Cl. The Morgan fingerprint density at radius 2 is 2.23 bits per heavy atom. The molecule has 26 heavy (non-hydrogen) atoms. The standard InChI is InChI=1S/C18H23N5OS.ClH/c1-18(19)5-2-8-23(12-18)17(24)15-11-22(9-10-25-15)14-4-7-21-16-13(14)3-6-20-16;/h3-4,6-7,11H,2,5,8-10,12,19H2,1H3,(H,20,21);1H. The highest BCUT2D eigenvalue weighted by atomic mass is 35.5. The third-order valence-corrected chi connectivity index (χ3v) is 5.81. The monoisotopic (exact) mass is 393 g/mol. The fourth-order valence-electron chi connectivity index (χ4n) is 3.60. The number of fused-ring (bicyclic) bond motifs is 1. The third-order valence-electron chi connectivity index (χ3n) is 4.84. The number of amides is 1. The van der Waals surface area contributed by atoms with Gasteiger partial charge in [0.1, 0.15) is 5.65 Å².